The molecule has 2 aromatic rings. The third-order valence-corrected chi connectivity index (χ3v) is 4.69. The lowest BCUT2D eigenvalue weighted by molar-refractivity contribution is -0.133. The van der Waals surface area contributed by atoms with E-state index < -0.39 is 6.04 Å². The Morgan fingerprint density at radius 2 is 2.04 bits per heavy atom. The number of aromatic nitrogens is 2. The molecule has 0 aliphatic carbocycles. The zero-order chi connectivity index (χ0) is 17.8. The van der Waals surface area contributed by atoms with Crippen LogP contribution in [0.5, 0.6) is 5.75 Å². The first-order chi connectivity index (χ1) is 12.1. The van der Waals surface area contributed by atoms with Gasteiger partial charge in [-0.2, -0.15) is 0 Å². The molecule has 6 nitrogen and oxygen atoms in total. The Hall–Kier alpha value is -1.76. The largest absolute Gasteiger partial charge is 0.497 e. The number of hydrogen-bond donors (Lipinski definition) is 2. The second-order valence-electron chi connectivity index (χ2n) is 6.50. The summed E-state index contributed by atoms with van der Waals surface area (Å²) in [6, 6.07) is 7.39. The molecular formula is C19H28Cl2N4O2. The molecule has 0 spiro atoms. The summed E-state index contributed by atoms with van der Waals surface area (Å²) in [5.74, 6) is 1.69. The smallest absolute Gasteiger partial charge is 0.239 e. The Morgan fingerprint density at radius 1 is 1.33 bits per heavy atom. The van der Waals surface area contributed by atoms with E-state index in [0.29, 0.717) is 13.1 Å². The van der Waals surface area contributed by atoms with Crippen molar-refractivity contribution in [2.75, 3.05) is 13.7 Å². The number of H-pyrrole nitrogens is 1. The number of amides is 1. The lowest BCUT2D eigenvalue weighted by atomic mass is 10.1. The van der Waals surface area contributed by atoms with Gasteiger partial charge in [-0.3, -0.25) is 4.79 Å². The monoisotopic (exact) mass is 414 g/mol. The van der Waals surface area contributed by atoms with E-state index in [-0.39, 0.29) is 30.7 Å². The summed E-state index contributed by atoms with van der Waals surface area (Å²) in [5, 5.41) is 0. The molecule has 1 amide bonds. The molecule has 0 saturated heterocycles. The fraction of sp³-hybridized carbons (Fsp3) is 0.474. The van der Waals surface area contributed by atoms with E-state index in [0.717, 1.165) is 54.2 Å². The van der Waals surface area contributed by atoms with Crippen LogP contribution >= 0.6 is 24.8 Å². The van der Waals surface area contributed by atoms with Crippen LogP contribution in [0.3, 0.4) is 0 Å². The first-order valence-electron chi connectivity index (χ1n) is 8.89. The molecule has 1 aromatic carbocycles. The number of halogens is 2. The summed E-state index contributed by atoms with van der Waals surface area (Å²) in [6.45, 7) is 3.34. The number of ether oxygens (including phenoxy) is 1. The molecule has 2 heterocycles. The van der Waals surface area contributed by atoms with Gasteiger partial charge in [0.1, 0.15) is 11.6 Å². The maximum Gasteiger partial charge on any atom is 0.239 e. The quantitative estimate of drug-likeness (QED) is 0.758. The van der Waals surface area contributed by atoms with Crippen LogP contribution in [0.25, 0.3) is 11.4 Å². The van der Waals surface area contributed by atoms with Crippen LogP contribution in [0, 0.1) is 0 Å². The number of hydrogen-bond acceptors (Lipinski definition) is 4. The lowest BCUT2D eigenvalue weighted by Gasteiger charge is -2.28. The number of rotatable bonds is 6. The highest BCUT2D eigenvalue weighted by Gasteiger charge is 2.27. The second-order valence-corrected chi connectivity index (χ2v) is 6.50. The zero-order valence-corrected chi connectivity index (χ0v) is 17.4. The maximum absolute atomic E-state index is 12.5. The summed E-state index contributed by atoms with van der Waals surface area (Å²) in [6.07, 6.45) is 3.54. The van der Waals surface area contributed by atoms with Crippen molar-refractivity contribution < 1.29 is 9.53 Å². The van der Waals surface area contributed by atoms with Crippen molar-refractivity contribution >= 4 is 30.7 Å². The van der Waals surface area contributed by atoms with Crippen LogP contribution in [-0.2, 0) is 17.8 Å². The van der Waals surface area contributed by atoms with Crippen molar-refractivity contribution in [3.05, 3.63) is 35.7 Å². The van der Waals surface area contributed by atoms with Crippen LogP contribution in [-0.4, -0.2) is 40.5 Å². The van der Waals surface area contributed by atoms with Gasteiger partial charge in [-0.25, -0.2) is 4.98 Å². The number of imidazole rings is 1. The molecule has 8 heteroatoms. The Balaban J connectivity index is 0.00000182. The van der Waals surface area contributed by atoms with Gasteiger partial charge < -0.3 is 20.4 Å². The Kier molecular flexibility index (Phi) is 9.09. The summed E-state index contributed by atoms with van der Waals surface area (Å²) in [4.78, 5) is 22.4. The van der Waals surface area contributed by atoms with Gasteiger partial charge in [0.15, 0.2) is 0 Å². The molecule has 0 unspecified atom stereocenters. The molecule has 3 rings (SSSR count). The molecule has 0 fully saturated rings. The number of methoxy groups -OCH3 is 1. The molecular weight excluding hydrogens is 387 g/mol. The Bertz CT molecular complexity index is 734. The number of nitrogens with one attached hydrogen (secondary N) is 1. The van der Waals surface area contributed by atoms with Gasteiger partial charge in [0.25, 0.3) is 0 Å². The number of benzene rings is 1. The van der Waals surface area contributed by atoms with Crippen molar-refractivity contribution in [3.63, 3.8) is 0 Å². The van der Waals surface area contributed by atoms with Crippen molar-refractivity contribution in [1.29, 1.82) is 0 Å². The highest BCUT2D eigenvalue weighted by molar-refractivity contribution is 5.85. The highest BCUT2D eigenvalue weighted by atomic mass is 35.5. The van der Waals surface area contributed by atoms with Gasteiger partial charge >= 0.3 is 0 Å². The van der Waals surface area contributed by atoms with Gasteiger partial charge in [0.05, 0.1) is 31.1 Å². The molecule has 150 valence electrons. The molecule has 1 aliphatic heterocycles. The van der Waals surface area contributed by atoms with Gasteiger partial charge in [-0.05, 0) is 30.7 Å². The van der Waals surface area contributed by atoms with Gasteiger partial charge in [-0.1, -0.05) is 19.8 Å². The molecule has 3 N–H and O–H groups in total. The average Bonchev–Trinajstić information content (AvgIpc) is 3.08. The standard InChI is InChI=1S/C19H26N4O2.2ClH/c1-3-4-5-15(20)19(24)23-11-10-16-17(12-23)22-18(21-16)13-6-8-14(25-2)9-7-13;;/h6-9,15H,3-5,10-12,20H2,1-2H3,(H,21,22);2*1H/t15-;;/m0../s1. The molecule has 1 atom stereocenters. The average molecular weight is 415 g/mol. The van der Waals surface area contributed by atoms with Crippen LogP contribution < -0.4 is 10.5 Å². The number of nitrogens with two attached hydrogens (primary N) is 1. The van der Waals surface area contributed by atoms with Gasteiger partial charge in [-0.15, -0.1) is 24.8 Å². The maximum atomic E-state index is 12.5. The minimum absolute atomic E-state index is 0. The van der Waals surface area contributed by atoms with E-state index in [1.165, 1.54) is 0 Å². The topological polar surface area (TPSA) is 84.2 Å². The summed E-state index contributed by atoms with van der Waals surface area (Å²) in [5.41, 5.74) is 9.10. The number of carbonyl (C=O) groups excluding carboxylic acids is 1. The third-order valence-electron chi connectivity index (χ3n) is 4.69. The van der Waals surface area contributed by atoms with E-state index in [1.807, 2.05) is 29.2 Å². The molecule has 0 bridgehead atoms. The molecule has 1 aromatic heterocycles. The number of nitrogens with zero attached hydrogens (tertiary/aromatic N) is 2. The van der Waals surface area contributed by atoms with E-state index in [2.05, 4.69) is 11.9 Å². The number of aromatic amines is 1. The van der Waals surface area contributed by atoms with Crippen LogP contribution in [0.4, 0.5) is 0 Å². The SMILES string of the molecule is CCCC[C@H](N)C(=O)N1CCc2nc(-c3ccc(OC)cc3)[nH]c2C1.Cl.Cl. The molecule has 1 aliphatic rings. The van der Waals surface area contributed by atoms with Crippen molar-refractivity contribution in [2.24, 2.45) is 5.73 Å². The van der Waals surface area contributed by atoms with E-state index >= 15 is 0 Å². The first kappa shape index (κ1) is 23.3. The molecule has 0 radical (unpaired) electrons. The Morgan fingerprint density at radius 3 is 2.67 bits per heavy atom. The minimum atomic E-state index is -0.398. The normalized spacial score (nSPS) is 13.8. The van der Waals surface area contributed by atoms with Crippen molar-refractivity contribution in [3.8, 4) is 17.1 Å². The summed E-state index contributed by atoms with van der Waals surface area (Å²) < 4.78 is 5.19. The highest BCUT2D eigenvalue weighted by Crippen LogP contribution is 2.24. The summed E-state index contributed by atoms with van der Waals surface area (Å²) >= 11 is 0. The number of carbonyl (C=O) groups is 1. The second kappa shape index (κ2) is 10.5. The van der Waals surface area contributed by atoms with Gasteiger partial charge in [0, 0.05) is 18.5 Å². The summed E-state index contributed by atoms with van der Waals surface area (Å²) in [7, 11) is 1.65. The predicted octanol–water partition coefficient (Wildman–Crippen LogP) is 3.33. The van der Waals surface area contributed by atoms with E-state index in [4.69, 9.17) is 15.5 Å². The van der Waals surface area contributed by atoms with E-state index in [9.17, 15) is 4.79 Å². The van der Waals surface area contributed by atoms with Crippen molar-refractivity contribution in [1.82, 2.24) is 14.9 Å². The minimum Gasteiger partial charge on any atom is -0.497 e. The van der Waals surface area contributed by atoms with Crippen LogP contribution in [0.15, 0.2) is 24.3 Å². The third kappa shape index (κ3) is 5.37. The fourth-order valence-corrected chi connectivity index (χ4v) is 3.15. The van der Waals surface area contributed by atoms with Crippen LogP contribution in [0.2, 0.25) is 0 Å². The lowest BCUT2D eigenvalue weighted by Crippen LogP contribution is -2.45. The molecule has 0 saturated carbocycles. The molecule has 27 heavy (non-hydrogen) atoms. The number of fused-ring (bicyclic) bond motifs is 1. The van der Waals surface area contributed by atoms with Gasteiger partial charge in [0.2, 0.25) is 5.91 Å². The predicted molar refractivity (Wildman–Crippen MR) is 112 cm³/mol. The van der Waals surface area contributed by atoms with E-state index in [1.54, 1.807) is 7.11 Å². The zero-order valence-electron chi connectivity index (χ0n) is 15.7. The first-order valence-corrected chi connectivity index (χ1v) is 8.89. The Labute approximate surface area is 172 Å². The van der Waals surface area contributed by atoms with Crippen molar-refractivity contribution in [2.45, 2.75) is 45.2 Å². The number of unbranched alkanes of at least 4 members (excludes halogenated alkanes) is 1. The fourth-order valence-electron chi connectivity index (χ4n) is 3.15. The van der Waals surface area contributed by atoms with Crippen LogP contribution in [0.1, 0.15) is 37.6 Å².